The van der Waals surface area contributed by atoms with Gasteiger partial charge >= 0.3 is 6.18 Å². The molecule has 22 heavy (non-hydrogen) atoms. The second kappa shape index (κ2) is 5.72. The average Bonchev–Trinajstić information content (AvgIpc) is 2.47. The van der Waals surface area contributed by atoms with Crippen LogP contribution in [0.1, 0.15) is 24.1 Å². The number of hydrogen-bond acceptors (Lipinski definition) is 3. The van der Waals surface area contributed by atoms with Crippen LogP contribution in [0, 0.1) is 5.92 Å². The summed E-state index contributed by atoms with van der Waals surface area (Å²) < 4.78 is 39.4. The van der Waals surface area contributed by atoms with Crippen LogP contribution in [-0.4, -0.2) is 22.5 Å². The molecule has 4 nitrogen and oxygen atoms in total. The van der Waals surface area contributed by atoms with Gasteiger partial charge in [0.1, 0.15) is 5.65 Å². The molecule has 0 saturated carbocycles. The lowest BCUT2D eigenvalue weighted by Gasteiger charge is -2.22. The van der Waals surface area contributed by atoms with Crippen LogP contribution in [0.2, 0.25) is 0 Å². The first-order valence-electron chi connectivity index (χ1n) is 7.24. The second-order valence-corrected chi connectivity index (χ2v) is 5.62. The largest absolute Gasteiger partial charge is 0.416 e. The van der Waals surface area contributed by atoms with Crippen molar-refractivity contribution in [3.05, 3.63) is 46.0 Å². The SMILES string of the molecule is O=c1cc(CC2CCNCC2)nc2cc(C(F)(F)F)ccn12. The standard InChI is InChI=1S/C15H16F3N3O/c16-15(17,18)11-3-6-21-13(8-11)20-12(9-14(21)22)7-10-1-4-19-5-2-10/h3,6,8-10,19H,1-2,4-5,7H2. The number of nitrogens with zero attached hydrogens (tertiary/aromatic N) is 2. The molecule has 2 aromatic heterocycles. The molecule has 0 spiro atoms. The zero-order valence-electron chi connectivity index (χ0n) is 11.9. The third-order valence-corrected chi connectivity index (χ3v) is 4.00. The van der Waals surface area contributed by atoms with Crippen molar-refractivity contribution in [2.45, 2.75) is 25.4 Å². The number of hydrogen-bond donors (Lipinski definition) is 1. The molecule has 118 valence electrons. The smallest absolute Gasteiger partial charge is 0.317 e. The average molecular weight is 311 g/mol. The van der Waals surface area contributed by atoms with E-state index < -0.39 is 11.7 Å². The number of nitrogens with one attached hydrogen (secondary N) is 1. The first kappa shape index (κ1) is 15.0. The van der Waals surface area contributed by atoms with Crippen molar-refractivity contribution in [2.24, 2.45) is 5.92 Å². The normalized spacial score (nSPS) is 17.0. The van der Waals surface area contributed by atoms with E-state index in [1.165, 1.54) is 6.07 Å². The third kappa shape index (κ3) is 3.14. The Morgan fingerprint density at radius 1 is 1.27 bits per heavy atom. The number of halogens is 3. The number of rotatable bonds is 2. The monoisotopic (exact) mass is 311 g/mol. The van der Waals surface area contributed by atoms with Gasteiger partial charge in [0, 0.05) is 18.0 Å². The van der Waals surface area contributed by atoms with Gasteiger partial charge in [0.15, 0.2) is 0 Å². The molecule has 1 aliphatic heterocycles. The molecule has 0 bridgehead atoms. The van der Waals surface area contributed by atoms with Gasteiger partial charge in [-0.25, -0.2) is 4.98 Å². The second-order valence-electron chi connectivity index (χ2n) is 5.62. The predicted molar refractivity (Wildman–Crippen MR) is 75.8 cm³/mol. The molecule has 7 heteroatoms. The fourth-order valence-corrected chi connectivity index (χ4v) is 2.81. The molecule has 0 amide bonds. The Morgan fingerprint density at radius 3 is 2.68 bits per heavy atom. The van der Waals surface area contributed by atoms with E-state index in [1.54, 1.807) is 0 Å². The van der Waals surface area contributed by atoms with E-state index >= 15 is 0 Å². The minimum atomic E-state index is -4.44. The summed E-state index contributed by atoms with van der Waals surface area (Å²) in [7, 11) is 0. The number of piperidine rings is 1. The maximum absolute atomic E-state index is 12.8. The van der Waals surface area contributed by atoms with E-state index in [-0.39, 0.29) is 11.2 Å². The van der Waals surface area contributed by atoms with Crippen LogP contribution in [0.25, 0.3) is 5.65 Å². The van der Waals surface area contributed by atoms with Crippen molar-refractivity contribution in [1.82, 2.24) is 14.7 Å². The molecule has 1 aliphatic rings. The summed E-state index contributed by atoms with van der Waals surface area (Å²) in [5.74, 6) is 0.418. The maximum atomic E-state index is 12.8. The molecule has 0 radical (unpaired) electrons. The summed E-state index contributed by atoms with van der Waals surface area (Å²) >= 11 is 0. The van der Waals surface area contributed by atoms with Crippen LogP contribution in [-0.2, 0) is 12.6 Å². The molecule has 0 unspecified atom stereocenters. The molecule has 3 rings (SSSR count). The molecule has 0 aliphatic carbocycles. The van der Waals surface area contributed by atoms with E-state index in [0.717, 1.165) is 48.7 Å². The summed E-state index contributed by atoms with van der Waals surface area (Å²) in [6.07, 6.45) is -0.705. The number of pyridine rings is 1. The summed E-state index contributed by atoms with van der Waals surface area (Å²) in [5.41, 5.74) is -0.524. The fourth-order valence-electron chi connectivity index (χ4n) is 2.81. The van der Waals surface area contributed by atoms with Gasteiger partial charge in [-0.05, 0) is 50.4 Å². The highest BCUT2D eigenvalue weighted by Crippen LogP contribution is 2.29. The van der Waals surface area contributed by atoms with Crippen molar-refractivity contribution < 1.29 is 13.2 Å². The van der Waals surface area contributed by atoms with Crippen LogP contribution in [0.3, 0.4) is 0 Å². The van der Waals surface area contributed by atoms with Crippen molar-refractivity contribution >= 4 is 5.65 Å². The third-order valence-electron chi connectivity index (χ3n) is 4.00. The van der Waals surface area contributed by atoms with Gasteiger partial charge in [0.05, 0.1) is 5.56 Å². The molecule has 1 fully saturated rings. The van der Waals surface area contributed by atoms with Gasteiger partial charge in [-0.15, -0.1) is 0 Å². The maximum Gasteiger partial charge on any atom is 0.416 e. The zero-order chi connectivity index (χ0) is 15.7. The first-order chi connectivity index (χ1) is 10.4. The summed E-state index contributed by atoms with van der Waals surface area (Å²) in [5, 5.41) is 3.25. The number of alkyl halides is 3. The predicted octanol–water partition coefficient (Wildman–Crippen LogP) is 2.26. The van der Waals surface area contributed by atoms with Crippen molar-refractivity contribution in [3.8, 4) is 0 Å². The van der Waals surface area contributed by atoms with Crippen LogP contribution in [0.15, 0.2) is 29.2 Å². The Hall–Kier alpha value is -1.89. The van der Waals surface area contributed by atoms with Crippen molar-refractivity contribution in [3.63, 3.8) is 0 Å². The number of fused-ring (bicyclic) bond motifs is 1. The Balaban J connectivity index is 1.96. The molecule has 0 aromatic carbocycles. The molecular weight excluding hydrogens is 295 g/mol. The minimum Gasteiger partial charge on any atom is -0.317 e. The molecule has 1 saturated heterocycles. The lowest BCUT2D eigenvalue weighted by Crippen LogP contribution is -2.29. The van der Waals surface area contributed by atoms with E-state index in [1.807, 2.05) is 0 Å². The van der Waals surface area contributed by atoms with Gasteiger partial charge < -0.3 is 5.32 Å². The van der Waals surface area contributed by atoms with Crippen molar-refractivity contribution in [2.75, 3.05) is 13.1 Å². The Kier molecular flexibility index (Phi) is 3.90. The zero-order valence-corrected chi connectivity index (χ0v) is 11.9. The molecule has 3 heterocycles. The van der Waals surface area contributed by atoms with Gasteiger partial charge in [-0.3, -0.25) is 9.20 Å². The van der Waals surface area contributed by atoms with Gasteiger partial charge in [0.2, 0.25) is 0 Å². The minimum absolute atomic E-state index is 0.0475. The number of aromatic nitrogens is 2. The summed E-state index contributed by atoms with van der Waals surface area (Å²) in [6, 6.07) is 3.23. The van der Waals surface area contributed by atoms with E-state index in [2.05, 4.69) is 10.3 Å². The van der Waals surface area contributed by atoms with Crippen molar-refractivity contribution in [1.29, 1.82) is 0 Å². The lowest BCUT2D eigenvalue weighted by atomic mass is 9.93. The molecule has 2 aromatic rings. The first-order valence-corrected chi connectivity index (χ1v) is 7.24. The highest BCUT2D eigenvalue weighted by atomic mass is 19.4. The summed E-state index contributed by atoms with van der Waals surface area (Å²) in [4.78, 5) is 16.3. The van der Waals surface area contributed by atoms with Gasteiger partial charge in [-0.2, -0.15) is 13.2 Å². The van der Waals surface area contributed by atoms with E-state index in [9.17, 15) is 18.0 Å². The van der Waals surface area contributed by atoms with Crippen LogP contribution in [0.5, 0.6) is 0 Å². The van der Waals surface area contributed by atoms with Gasteiger partial charge in [-0.1, -0.05) is 0 Å². The quantitative estimate of drug-likeness (QED) is 0.925. The van der Waals surface area contributed by atoms with Crippen LogP contribution < -0.4 is 10.9 Å². The summed E-state index contributed by atoms with van der Waals surface area (Å²) in [6.45, 7) is 1.85. The highest BCUT2D eigenvalue weighted by molar-refractivity contribution is 5.42. The molecule has 1 N–H and O–H groups in total. The topological polar surface area (TPSA) is 46.4 Å². The van der Waals surface area contributed by atoms with E-state index in [4.69, 9.17) is 0 Å². The molecular formula is C15H16F3N3O. The lowest BCUT2D eigenvalue weighted by molar-refractivity contribution is -0.137. The van der Waals surface area contributed by atoms with E-state index in [0.29, 0.717) is 18.0 Å². The Morgan fingerprint density at radius 2 is 2.00 bits per heavy atom. The highest BCUT2D eigenvalue weighted by Gasteiger charge is 2.30. The Labute approximate surface area is 125 Å². The Bertz CT molecular complexity index is 733. The fraction of sp³-hybridized carbons (Fsp3) is 0.467. The van der Waals surface area contributed by atoms with Gasteiger partial charge in [0.25, 0.3) is 5.56 Å². The van der Waals surface area contributed by atoms with Crippen LogP contribution >= 0.6 is 0 Å². The van der Waals surface area contributed by atoms with Crippen LogP contribution in [0.4, 0.5) is 13.2 Å². The molecule has 0 atom stereocenters.